The molecule has 1 aromatic rings. The van der Waals surface area contributed by atoms with E-state index in [1.54, 1.807) is 0 Å². The van der Waals surface area contributed by atoms with Gasteiger partial charge in [-0.25, -0.2) is 4.98 Å². The van der Waals surface area contributed by atoms with Crippen LogP contribution in [0.3, 0.4) is 0 Å². The van der Waals surface area contributed by atoms with E-state index in [2.05, 4.69) is 9.88 Å². The van der Waals surface area contributed by atoms with Gasteiger partial charge in [0.2, 0.25) is 0 Å². The van der Waals surface area contributed by atoms with E-state index in [4.69, 9.17) is 10.5 Å². The number of nitrogens with two attached hydrogens (primary N) is 1. The predicted octanol–water partition coefficient (Wildman–Crippen LogP) is 2.18. The van der Waals surface area contributed by atoms with Gasteiger partial charge in [-0.15, -0.1) is 0 Å². The van der Waals surface area contributed by atoms with E-state index in [0.717, 1.165) is 42.9 Å². The molecule has 8 heteroatoms. The first-order chi connectivity index (χ1) is 9.48. The van der Waals surface area contributed by atoms with E-state index in [1.165, 1.54) is 11.3 Å². The van der Waals surface area contributed by atoms with Crippen molar-refractivity contribution in [3.63, 3.8) is 0 Å². The van der Waals surface area contributed by atoms with Crippen molar-refractivity contribution in [2.45, 2.75) is 32.0 Å². The van der Waals surface area contributed by atoms with Crippen LogP contribution in [-0.4, -0.2) is 42.3 Å². The Morgan fingerprint density at radius 3 is 2.85 bits per heavy atom. The first-order valence-corrected chi connectivity index (χ1v) is 7.40. The van der Waals surface area contributed by atoms with Gasteiger partial charge in [0.15, 0.2) is 6.61 Å². The first kappa shape index (κ1) is 15.5. The van der Waals surface area contributed by atoms with Crippen LogP contribution < -0.4 is 10.5 Å². The summed E-state index contributed by atoms with van der Waals surface area (Å²) in [4.78, 5) is 7.46. The van der Waals surface area contributed by atoms with Crippen LogP contribution in [-0.2, 0) is 13.0 Å². The van der Waals surface area contributed by atoms with Crippen molar-refractivity contribution in [3.8, 4) is 5.19 Å². The highest BCUT2D eigenvalue weighted by Crippen LogP contribution is 2.30. The maximum atomic E-state index is 12.1. The van der Waals surface area contributed by atoms with Crippen LogP contribution in [0.2, 0.25) is 0 Å². The van der Waals surface area contributed by atoms with E-state index in [-0.39, 0.29) is 5.19 Å². The third kappa shape index (κ3) is 4.60. The summed E-state index contributed by atoms with van der Waals surface area (Å²) in [5, 5.41) is 0.121. The van der Waals surface area contributed by atoms with Gasteiger partial charge in [0.05, 0.1) is 5.69 Å². The maximum Gasteiger partial charge on any atom is 0.422 e. The molecule has 1 aromatic heterocycles. The molecule has 0 unspecified atom stereocenters. The van der Waals surface area contributed by atoms with Crippen molar-refractivity contribution in [2.75, 3.05) is 26.2 Å². The topological polar surface area (TPSA) is 51.4 Å². The number of hydrogen-bond acceptors (Lipinski definition) is 5. The van der Waals surface area contributed by atoms with Crippen LogP contribution in [0.15, 0.2) is 0 Å². The Labute approximate surface area is 119 Å². The number of aromatic nitrogens is 1. The Morgan fingerprint density at radius 2 is 2.15 bits per heavy atom. The fourth-order valence-corrected chi connectivity index (χ4v) is 3.01. The summed E-state index contributed by atoms with van der Waals surface area (Å²) in [6.45, 7) is 1.96. The van der Waals surface area contributed by atoms with Gasteiger partial charge in [-0.05, 0) is 32.4 Å². The van der Waals surface area contributed by atoms with Crippen LogP contribution >= 0.6 is 11.3 Å². The molecule has 0 spiro atoms. The lowest BCUT2D eigenvalue weighted by atomic mass is 10.1. The van der Waals surface area contributed by atoms with Gasteiger partial charge in [0.1, 0.15) is 0 Å². The van der Waals surface area contributed by atoms with Gasteiger partial charge < -0.3 is 10.5 Å². The molecule has 1 aliphatic heterocycles. The van der Waals surface area contributed by atoms with Gasteiger partial charge in [-0.2, -0.15) is 13.2 Å². The van der Waals surface area contributed by atoms with Gasteiger partial charge in [0.25, 0.3) is 5.19 Å². The number of unbranched alkanes of at least 4 members (excludes halogenated alkanes) is 1. The Bertz CT molecular complexity index is 436. The molecule has 0 saturated carbocycles. The number of nitrogens with zero attached hydrogens (tertiary/aromatic N) is 2. The number of fused-ring (bicyclic) bond motifs is 1. The third-order valence-electron chi connectivity index (χ3n) is 3.07. The molecule has 4 nitrogen and oxygen atoms in total. The largest absolute Gasteiger partial charge is 0.460 e. The smallest absolute Gasteiger partial charge is 0.422 e. The van der Waals surface area contributed by atoms with E-state index < -0.39 is 12.8 Å². The van der Waals surface area contributed by atoms with Crippen molar-refractivity contribution in [3.05, 3.63) is 10.6 Å². The van der Waals surface area contributed by atoms with E-state index in [9.17, 15) is 13.2 Å². The zero-order valence-corrected chi connectivity index (χ0v) is 11.9. The first-order valence-electron chi connectivity index (χ1n) is 6.58. The van der Waals surface area contributed by atoms with Crippen LogP contribution in [0.4, 0.5) is 13.2 Å². The molecule has 2 N–H and O–H groups in total. The number of ether oxygens (including phenoxy) is 1. The van der Waals surface area contributed by atoms with Crippen molar-refractivity contribution < 1.29 is 17.9 Å². The Morgan fingerprint density at radius 1 is 1.35 bits per heavy atom. The zero-order chi connectivity index (χ0) is 14.6. The molecular weight excluding hydrogens is 291 g/mol. The molecule has 0 fully saturated rings. The standard InChI is InChI=1S/C12H18F3N3OS/c13-12(14,15)8-19-11-17-9-7-18(5-2-1-4-16)6-3-10(9)20-11/h1-8,16H2. The Hall–Kier alpha value is -0.860. The summed E-state index contributed by atoms with van der Waals surface area (Å²) in [7, 11) is 0. The molecule has 1 aliphatic rings. The molecular formula is C12H18F3N3OS. The van der Waals surface area contributed by atoms with Crippen molar-refractivity contribution >= 4 is 11.3 Å². The number of alkyl halides is 3. The van der Waals surface area contributed by atoms with E-state index in [1.807, 2.05) is 0 Å². The molecule has 0 amide bonds. The van der Waals surface area contributed by atoms with Crippen LogP contribution in [0.5, 0.6) is 5.19 Å². The number of rotatable bonds is 6. The molecule has 20 heavy (non-hydrogen) atoms. The van der Waals surface area contributed by atoms with Gasteiger partial charge in [-0.3, -0.25) is 4.90 Å². The average Bonchev–Trinajstić information content (AvgIpc) is 2.78. The molecule has 2 rings (SSSR count). The second-order valence-electron chi connectivity index (χ2n) is 4.78. The number of halogens is 3. The van der Waals surface area contributed by atoms with Crippen molar-refractivity contribution in [1.82, 2.24) is 9.88 Å². The van der Waals surface area contributed by atoms with Crippen LogP contribution in [0.25, 0.3) is 0 Å². The Kier molecular flexibility index (Phi) is 5.22. The normalized spacial score (nSPS) is 16.2. The molecule has 2 heterocycles. The third-order valence-corrected chi connectivity index (χ3v) is 4.14. The number of hydrogen-bond donors (Lipinski definition) is 1. The maximum absolute atomic E-state index is 12.1. The number of thiazole rings is 1. The molecule has 0 aliphatic carbocycles. The predicted molar refractivity (Wildman–Crippen MR) is 70.9 cm³/mol. The lowest BCUT2D eigenvalue weighted by molar-refractivity contribution is -0.153. The lowest BCUT2D eigenvalue weighted by Crippen LogP contribution is -2.31. The quantitative estimate of drug-likeness (QED) is 0.818. The summed E-state index contributed by atoms with van der Waals surface area (Å²) >= 11 is 1.23. The molecule has 0 atom stereocenters. The monoisotopic (exact) mass is 309 g/mol. The average molecular weight is 309 g/mol. The Balaban J connectivity index is 1.87. The van der Waals surface area contributed by atoms with Crippen LogP contribution in [0, 0.1) is 0 Å². The van der Waals surface area contributed by atoms with Crippen LogP contribution in [0.1, 0.15) is 23.4 Å². The van der Waals surface area contributed by atoms with Crippen molar-refractivity contribution in [1.29, 1.82) is 0 Å². The summed E-state index contributed by atoms with van der Waals surface area (Å²) in [6.07, 6.45) is -1.47. The summed E-state index contributed by atoms with van der Waals surface area (Å²) in [5.41, 5.74) is 6.31. The lowest BCUT2D eigenvalue weighted by Gasteiger charge is -2.25. The summed E-state index contributed by atoms with van der Waals surface area (Å²) in [5.74, 6) is 0. The highest BCUT2D eigenvalue weighted by Gasteiger charge is 2.29. The van der Waals surface area contributed by atoms with E-state index >= 15 is 0 Å². The highest BCUT2D eigenvalue weighted by molar-refractivity contribution is 7.13. The molecule has 0 saturated heterocycles. The SMILES string of the molecule is NCCCCN1CCc2sc(OCC(F)(F)F)nc2C1. The minimum atomic E-state index is -4.32. The second kappa shape index (κ2) is 6.73. The molecule has 0 bridgehead atoms. The minimum absolute atomic E-state index is 0.121. The molecule has 114 valence electrons. The fourth-order valence-electron chi connectivity index (χ4n) is 2.10. The van der Waals surface area contributed by atoms with Gasteiger partial charge in [0, 0.05) is 18.0 Å². The highest BCUT2D eigenvalue weighted by atomic mass is 32.1. The summed E-state index contributed by atoms with van der Waals surface area (Å²) in [6, 6.07) is 0. The zero-order valence-electron chi connectivity index (χ0n) is 11.1. The molecule has 0 radical (unpaired) electrons. The summed E-state index contributed by atoms with van der Waals surface area (Å²) < 4.78 is 41.0. The molecule has 0 aromatic carbocycles. The van der Waals surface area contributed by atoms with Crippen molar-refractivity contribution in [2.24, 2.45) is 5.73 Å². The van der Waals surface area contributed by atoms with E-state index in [0.29, 0.717) is 13.1 Å². The minimum Gasteiger partial charge on any atom is -0.460 e. The van der Waals surface area contributed by atoms with Gasteiger partial charge in [-0.1, -0.05) is 11.3 Å². The fraction of sp³-hybridized carbons (Fsp3) is 0.750. The second-order valence-corrected chi connectivity index (χ2v) is 5.82. The van der Waals surface area contributed by atoms with Gasteiger partial charge >= 0.3 is 6.18 Å².